The molecule has 1 aliphatic rings. The van der Waals surface area contributed by atoms with E-state index in [2.05, 4.69) is 24.4 Å². The molecule has 3 nitrogen and oxygen atoms in total. The van der Waals surface area contributed by atoms with E-state index in [1.54, 1.807) is 7.11 Å². The van der Waals surface area contributed by atoms with Gasteiger partial charge in [0.2, 0.25) is 0 Å². The van der Waals surface area contributed by atoms with Crippen molar-refractivity contribution in [3.05, 3.63) is 29.8 Å². The predicted molar refractivity (Wildman–Crippen MR) is 82.2 cm³/mol. The largest absolute Gasteiger partial charge is 0.497 e. The number of hydrogen-bond acceptors (Lipinski definition) is 3. The van der Waals surface area contributed by atoms with Crippen LogP contribution in [0.15, 0.2) is 24.3 Å². The van der Waals surface area contributed by atoms with Gasteiger partial charge < -0.3 is 14.8 Å². The van der Waals surface area contributed by atoms with E-state index in [9.17, 15) is 0 Å². The highest BCUT2D eigenvalue weighted by Crippen LogP contribution is 2.29. The molecular formula is C17H27NO2. The highest BCUT2D eigenvalue weighted by molar-refractivity contribution is 5.30. The van der Waals surface area contributed by atoms with Crippen LogP contribution in [0.3, 0.4) is 0 Å². The molecule has 1 saturated carbocycles. The first kappa shape index (κ1) is 15.3. The van der Waals surface area contributed by atoms with Crippen LogP contribution in [0.4, 0.5) is 0 Å². The summed E-state index contributed by atoms with van der Waals surface area (Å²) in [6.45, 7) is 4.68. The summed E-state index contributed by atoms with van der Waals surface area (Å²) in [6, 6.07) is 8.47. The van der Waals surface area contributed by atoms with Crippen molar-refractivity contribution in [2.75, 3.05) is 26.9 Å². The highest BCUT2D eigenvalue weighted by Gasteiger charge is 2.17. The molecule has 1 atom stereocenters. The first-order valence-corrected chi connectivity index (χ1v) is 7.78. The van der Waals surface area contributed by atoms with E-state index < -0.39 is 0 Å². The Hall–Kier alpha value is -1.06. The molecule has 0 radical (unpaired) electrons. The third-order valence-electron chi connectivity index (χ3n) is 4.13. The molecule has 1 fully saturated rings. The molecule has 0 aliphatic heterocycles. The fourth-order valence-corrected chi connectivity index (χ4v) is 2.61. The number of ether oxygens (including phenoxy) is 2. The van der Waals surface area contributed by atoms with Gasteiger partial charge in [-0.25, -0.2) is 0 Å². The van der Waals surface area contributed by atoms with Gasteiger partial charge in [0.15, 0.2) is 0 Å². The average Bonchev–Trinajstić information content (AvgIpc) is 2.44. The Balaban J connectivity index is 1.81. The van der Waals surface area contributed by atoms with Gasteiger partial charge in [-0.05, 0) is 36.6 Å². The fourth-order valence-electron chi connectivity index (χ4n) is 2.61. The van der Waals surface area contributed by atoms with E-state index >= 15 is 0 Å². The monoisotopic (exact) mass is 277 g/mol. The number of benzene rings is 1. The molecule has 112 valence electrons. The van der Waals surface area contributed by atoms with Crippen LogP contribution in [0.2, 0.25) is 0 Å². The van der Waals surface area contributed by atoms with E-state index in [1.807, 2.05) is 12.1 Å². The van der Waals surface area contributed by atoms with Gasteiger partial charge in [-0.15, -0.1) is 0 Å². The molecule has 1 unspecified atom stereocenters. The van der Waals surface area contributed by atoms with Gasteiger partial charge in [0, 0.05) is 6.61 Å². The van der Waals surface area contributed by atoms with Crippen molar-refractivity contribution < 1.29 is 9.47 Å². The lowest BCUT2D eigenvalue weighted by atomic mass is 9.83. The van der Waals surface area contributed by atoms with Gasteiger partial charge in [-0.1, -0.05) is 38.3 Å². The predicted octanol–water partition coefficient (Wildman–Crippen LogP) is 3.55. The van der Waals surface area contributed by atoms with Crippen LogP contribution in [-0.2, 0) is 4.74 Å². The van der Waals surface area contributed by atoms with Crippen molar-refractivity contribution in [2.45, 2.75) is 38.6 Å². The Labute approximate surface area is 122 Å². The fraction of sp³-hybridized carbons (Fsp3) is 0.647. The van der Waals surface area contributed by atoms with Crippen molar-refractivity contribution in [2.24, 2.45) is 5.92 Å². The van der Waals surface area contributed by atoms with E-state index in [0.29, 0.717) is 0 Å². The smallest absolute Gasteiger partial charge is 0.119 e. The Morgan fingerprint density at radius 1 is 1.35 bits per heavy atom. The van der Waals surface area contributed by atoms with E-state index in [1.165, 1.54) is 31.2 Å². The van der Waals surface area contributed by atoms with Crippen LogP contribution in [0, 0.1) is 5.92 Å². The first-order chi connectivity index (χ1) is 9.83. The van der Waals surface area contributed by atoms with E-state index in [-0.39, 0.29) is 6.04 Å². The Bertz CT molecular complexity index is 390. The van der Waals surface area contributed by atoms with Crippen LogP contribution in [0.5, 0.6) is 5.75 Å². The molecule has 1 N–H and O–H groups in total. The lowest BCUT2D eigenvalue weighted by Crippen LogP contribution is -2.26. The van der Waals surface area contributed by atoms with Gasteiger partial charge >= 0.3 is 0 Å². The second-order valence-electron chi connectivity index (χ2n) is 5.55. The normalized spacial score (nSPS) is 16.7. The zero-order valence-electron chi connectivity index (χ0n) is 12.7. The maximum atomic E-state index is 5.88. The van der Waals surface area contributed by atoms with Crippen LogP contribution in [0.1, 0.15) is 44.2 Å². The van der Waals surface area contributed by atoms with Crippen LogP contribution in [0.25, 0.3) is 0 Å². The van der Waals surface area contributed by atoms with E-state index in [4.69, 9.17) is 9.47 Å². The summed E-state index contributed by atoms with van der Waals surface area (Å²) in [5.74, 6) is 1.82. The molecule has 1 aliphatic carbocycles. The van der Waals surface area contributed by atoms with Gasteiger partial charge in [-0.3, -0.25) is 0 Å². The first-order valence-electron chi connectivity index (χ1n) is 7.78. The SMILES string of the molecule is CCNC(COCCC1CCC1)c1cccc(OC)c1. The third-order valence-corrected chi connectivity index (χ3v) is 4.13. The Morgan fingerprint density at radius 3 is 2.85 bits per heavy atom. The maximum Gasteiger partial charge on any atom is 0.119 e. The van der Waals surface area contributed by atoms with Crippen LogP contribution < -0.4 is 10.1 Å². The number of nitrogens with one attached hydrogen (secondary N) is 1. The van der Waals surface area contributed by atoms with Crippen molar-refractivity contribution in [3.8, 4) is 5.75 Å². The summed E-state index contributed by atoms with van der Waals surface area (Å²) < 4.78 is 11.2. The molecular weight excluding hydrogens is 250 g/mol. The second kappa shape index (κ2) is 8.28. The van der Waals surface area contributed by atoms with Gasteiger partial charge in [-0.2, -0.15) is 0 Å². The Kier molecular flexibility index (Phi) is 6.34. The highest BCUT2D eigenvalue weighted by atomic mass is 16.5. The summed E-state index contributed by atoms with van der Waals surface area (Å²) in [5.41, 5.74) is 1.23. The molecule has 0 spiro atoms. The topological polar surface area (TPSA) is 30.5 Å². The quantitative estimate of drug-likeness (QED) is 0.700. The lowest BCUT2D eigenvalue weighted by Gasteiger charge is -2.25. The molecule has 2 rings (SSSR count). The number of likely N-dealkylation sites (N-methyl/N-ethyl adjacent to an activating group) is 1. The zero-order chi connectivity index (χ0) is 14.2. The number of rotatable bonds is 9. The molecule has 0 saturated heterocycles. The molecule has 0 amide bonds. The standard InChI is InChI=1S/C17H27NO2/c1-3-18-17(13-20-11-10-14-6-4-7-14)15-8-5-9-16(12-15)19-2/h5,8-9,12,14,17-18H,3-4,6-7,10-11,13H2,1-2H3. The Morgan fingerprint density at radius 2 is 2.20 bits per heavy atom. The summed E-state index contributed by atoms with van der Waals surface area (Å²) in [6.07, 6.45) is 5.43. The minimum atomic E-state index is 0.247. The van der Waals surface area contributed by atoms with Crippen LogP contribution >= 0.6 is 0 Å². The average molecular weight is 277 g/mol. The number of methoxy groups -OCH3 is 1. The zero-order valence-corrected chi connectivity index (χ0v) is 12.7. The second-order valence-corrected chi connectivity index (χ2v) is 5.55. The van der Waals surface area contributed by atoms with Crippen molar-refractivity contribution in [3.63, 3.8) is 0 Å². The molecule has 3 heteroatoms. The molecule has 0 bridgehead atoms. The summed E-state index contributed by atoms with van der Waals surface area (Å²) in [5, 5.41) is 3.49. The lowest BCUT2D eigenvalue weighted by molar-refractivity contribution is 0.0891. The van der Waals surface area contributed by atoms with Crippen molar-refractivity contribution >= 4 is 0 Å². The van der Waals surface area contributed by atoms with Gasteiger partial charge in [0.05, 0.1) is 19.8 Å². The van der Waals surface area contributed by atoms with Crippen molar-refractivity contribution in [1.82, 2.24) is 5.32 Å². The van der Waals surface area contributed by atoms with Crippen LogP contribution in [-0.4, -0.2) is 26.9 Å². The third kappa shape index (κ3) is 4.50. The minimum absolute atomic E-state index is 0.247. The summed E-state index contributed by atoms with van der Waals surface area (Å²) >= 11 is 0. The molecule has 0 heterocycles. The summed E-state index contributed by atoms with van der Waals surface area (Å²) in [7, 11) is 1.70. The molecule has 20 heavy (non-hydrogen) atoms. The molecule has 1 aromatic carbocycles. The maximum absolute atomic E-state index is 5.88. The number of hydrogen-bond donors (Lipinski definition) is 1. The minimum Gasteiger partial charge on any atom is -0.497 e. The molecule has 1 aromatic rings. The van der Waals surface area contributed by atoms with Gasteiger partial charge in [0.25, 0.3) is 0 Å². The van der Waals surface area contributed by atoms with E-state index in [0.717, 1.165) is 31.4 Å². The van der Waals surface area contributed by atoms with Crippen molar-refractivity contribution in [1.29, 1.82) is 0 Å². The van der Waals surface area contributed by atoms with Gasteiger partial charge in [0.1, 0.15) is 5.75 Å². The summed E-state index contributed by atoms with van der Waals surface area (Å²) in [4.78, 5) is 0. The molecule has 0 aromatic heterocycles.